The number of aromatic nitrogens is 1. The summed E-state index contributed by atoms with van der Waals surface area (Å²) in [6.07, 6.45) is 0. The zero-order valence-corrected chi connectivity index (χ0v) is 11.9. The molecule has 1 heterocycles. The van der Waals surface area contributed by atoms with Crippen LogP contribution in [0.3, 0.4) is 0 Å². The van der Waals surface area contributed by atoms with E-state index >= 15 is 0 Å². The number of nitrogens with zero attached hydrogens (tertiary/aromatic N) is 1. The first-order chi connectivity index (χ1) is 9.69. The minimum Gasteiger partial charge on any atom is -0.506 e. The van der Waals surface area contributed by atoms with Gasteiger partial charge in [-0.25, -0.2) is 0 Å². The lowest BCUT2D eigenvalue weighted by Crippen LogP contribution is -2.14. The number of rotatable bonds is 6. The van der Waals surface area contributed by atoms with E-state index < -0.39 is 0 Å². The van der Waals surface area contributed by atoms with Gasteiger partial charge >= 0.3 is 0 Å². The fraction of sp³-hybridized carbons (Fsp3) is 0.312. The van der Waals surface area contributed by atoms with E-state index in [0.29, 0.717) is 25.4 Å². The molecule has 1 aromatic carbocycles. The molecule has 0 spiro atoms. The molecule has 2 rings (SSSR count). The van der Waals surface area contributed by atoms with Crippen molar-refractivity contribution in [1.82, 2.24) is 10.3 Å². The summed E-state index contributed by atoms with van der Waals surface area (Å²) in [5.41, 5.74) is 2.71. The molecule has 1 aromatic heterocycles. The fourth-order valence-electron chi connectivity index (χ4n) is 1.97. The van der Waals surface area contributed by atoms with Crippen LogP contribution in [-0.2, 0) is 13.1 Å². The molecular formula is C16H20N2O2. The molecule has 0 atom stereocenters. The van der Waals surface area contributed by atoms with Crippen LogP contribution in [0.5, 0.6) is 11.5 Å². The predicted molar refractivity (Wildman–Crippen MR) is 78.8 cm³/mol. The van der Waals surface area contributed by atoms with Gasteiger partial charge in [0.15, 0.2) is 0 Å². The van der Waals surface area contributed by atoms with Gasteiger partial charge in [-0.1, -0.05) is 12.1 Å². The molecule has 106 valence electrons. The van der Waals surface area contributed by atoms with Crippen LogP contribution in [0.1, 0.15) is 23.9 Å². The number of benzene rings is 1. The monoisotopic (exact) mass is 272 g/mol. The lowest BCUT2D eigenvalue weighted by molar-refractivity contribution is 0.340. The first-order valence-corrected chi connectivity index (χ1v) is 6.77. The highest BCUT2D eigenvalue weighted by Crippen LogP contribution is 2.15. The summed E-state index contributed by atoms with van der Waals surface area (Å²) < 4.78 is 5.47. The number of nitrogens with one attached hydrogen (secondary N) is 1. The molecule has 0 aliphatic rings. The van der Waals surface area contributed by atoms with Gasteiger partial charge in [-0.3, -0.25) is 4.98 Å². The Bertz CT molecular complexity index is 570. The zero-order valence-electron chi connectivity index (χ0n) is 11.9. The number of aryl methyl sites for hydroxylation is 1. The van der Waals surface area contributed by atoms with Crippen LogP contribution < -0.4 is 10.1 Å². The summed E-state index contributed by atoms with van der Waals surface area (Å²) in [6.45, 7) is 5.78. The average molecular weight is 272 g/mol. The van der Waals surface area contributed by atoms with Gasteiger partial charge in [-0.05, 0) is 43.7 Å². The summed E-state index contributed by atoms with van der Waals surface area (Å²) in [5.74, 6) is 1.11. The van der Waals surface area contributed by atoms with Crippen molar-refractivity contribution < 1.29 is 9.84 Å². The second-order valence-electron chi connectivity index (χ2n) is 4.60. The minimum atomic E-state index is 0.228. The Morgan fingerprint density at radius 2 is 2.05 bits per heavy atom. The molecular weight excluding hydrogens is 252 g/mol. The molecule has 20 heavy (non-hydrogen) atoms. The molecule has 0 saturated heterocycles. The van der Waals surface area contributed by atoms with Gasteiger partial charge in [0.1, 0.15) is 11.5 Å². The van der Waals surface area contributed by atoms with Gasteiger partial charge in [-0.2, -0.15) is 0 Å². The van der Waals surface area contributed by atoms with E-state index in [4.69, 9.17) is 4.74 Å². The Kier molecular flexibility index (Phi) is 4.96. The molecule has 4 nitrogen and oxygen atoms in total. The highest BCUT2D eigenvalue weighted by Gasteiger charge is 2.03. The van der Waals surface area contributed by atoms with Crippen LogP contribution in [0.25, 0.3) is 0 Å². The van der Waals surface area contributed by atoms with Gasteiger partial charge < -0.3 is 15.2 Å². The number of aromatic hydroxyl groups is 1. The third-order valence-electron chi connectivity index (χ3n) is 2.92. The van der Waals surface area contributed by atoms with E-state index in [-0.39, 0.29) is 5.75 Å². The third-order valence-corrected chi connectivity index (χ3v) is 2.92. The van der Waals surface area contributed by atoms with Crippen LogP contribution in [0, 0.1) is 6.92 Å². The van der Waals surface area contributed by atoms with Crippen molar-refractivity contribution in [1.29, 1.82) is 0 Å². The van der Waals surface area contributed by atoms with E-state index in [2.05, 4.69) is 10.3 Å². The maximum absolute atomic E-state index is 9.72. The molecule has 2 N–H and O–H groups in total. The molecule has 0 fully saturated rings. The first kappa shape index (κ1) is 14.3. The van der Waals surface area contributed by atoms with E-state index in [1.54, 1.807) is 12.1 Å². The molecule has 0 unspecified atom stereocenters. The number of ether oxygens (including phenoxy) is 1. The van der Waals surface area contributed by atoms with Crippen molar-refractivity contribution in [3.05, 3.63) is 53.3 Å². The van der Waals surface area contributed by atoms with Crippen LogP contribution in [0.2, 0.25) is 0 Å². The Balaban J connectivity index is 1.92. The number of hydrogen-bond acceptors (Lipinski definition) is 4. The second-order valence-corrected chi connectivity index (χ2v) is 4.60. The number of pyridine rings is 1. The van der Waals surface area contributed by atoms with Gasteiger partial charge in [0.25, 0.3) is 0 Å². The first-order valence-electron chi connectivity index (χ1n) is 6.77. The Morgan fingerprint density at radius 1 is 1.20 bits per heavy atom. The zero-order chi connectivity index (χ0) is 14.4. The van der Waals surface area contributed by atoms with Crippen molar-refractivity contribution in [3.8, 4) is 11.5 Å². The largest absolute Gasteiger partial charge is 0.506 e. The van der Waals surface area contributed by atoms with E-state index in [1.165, 1.54) is 0 Å². The molecule has 2 aromatic rings. The smallest absolute Gasteiger partial charge is 0.138 e. The minimum absolute atomic E-state index is 0.228. The Morgan fingerprint density at radius 3 is 2.85 bits per heavy atom. The second kappa shape index (κ2) is 6.91. The summed E-state index contributed by atoms with van der Waals surface area (Å²) >= 11 is 0. The van der Waals surface area contributed by atoms with Crippen molar-refractivity contribution in [2.24, 2.45) is 0 Å². The average Bonchev–Trinajstić information content (AvgIpc) is 2.43. The maximum Gasteiger partial charge on any atom is 0.138 e. The molecule has 0 saturated carbocycles. The van der Waals surface area contributed by atoms with E-state index in [1.807, 2.05) is 38.1 Å². The molecule has 0 amide bonds. The fourth-order valence-corrected chi connectivity index (χ4v) is 1.97. The lowest BCUT2D eigenvalue weighted by Gasteiger charge is -2.08. The summed E-state index contributed by atoms with van der Waals surface area (Å²) in [4.78, 5) is 4.31. The molecule has 0 aliphatic carbocycles. The highest BCUT2D eigenvalue weighted by atomic mass is 16.5. The molecule has 0 bridgehead atoms. The van der Waals surface area contributed by atoms with E-state index in [0.717, 1.165) is 17.0 Å². The standard InChI is InChI=1S/C16H20N2O2/c1-3-20-14-6-4-5-13(9-14)10-17-11-15-16(19)8-7-12(2)18-15/h4-9,17,19H,3,10-11H2,1-2H3. The number of hydrogen-bond donors (Lipinski definition) is 2. The van der Waals surface area contributed by atoms with Gasteiger partial charge in [0, 0.05) is 18.8 Å². The van der Waals surface area contributed by atoms with Crippen molar-refractivity contribution in [2.45, 2.75) is 26.9 Å². The van der Waals surface area contributed by atoms with E-state index in [9.17, 15) is 5.11 Å². The topological polar surface area (TPSA) is 54.4 Å². The molecule has 0 radical (unpaired) electrons. The summed E-state index contributed by atoms with van der Waals surface area (Å²) in [5, 5.41) is 13.0. The van der Waals surface area contributed by atoms with Crippen molar-refractivity contribution in [2.75, 3.05) is 6.61 Å². The third kappa shape index (κ3) is 3.96. The normalized spacial score (nSPS) is 10.5. The maximum atomic E-state index is 9.72. The quantitative estimate of drug-likeness (QED) is 0.849. The van der Waals surface area contributed by atoms with Crippen molar-refractivity contribution >= 4 is 0 Å². The van der Waals surface area contributed by atoms with Crippen molar-refractivity contribution in [3.63, 3.8) is 0 Å². The van der Waals surface area contributed by atoms with Gasteiger partial charge in [0.2, 0.25) is 0 Å². The van der Waals surface area contributed by atoms with Crippen LogP contribution >= 0.6 is 0 Å². The van der Waals surface area contributed by atoms with Crippen LogP contribution in [-0.4, -0.2) is 16.7 Å². The summed E-state index contributed by atoms with van der Waals surface area (Å²) in [6, 6.07) is 11.4. The van der Waals surface area contributed by atoms with Gasteiger partial charge in [-0.15, -0.1) is 0 Å². The lowest BCUT2D eigenvalue weighted by atomic mass is 10.2. The van der Waals surface area contributed by atoms with Crippen LogP contribution in [0.15, 0.2) is 36.4 Å². The Labute approximate surface area is 119 Å². The molecule has 0 aliphatic heterocycles. The predicted octanol–water partition coefficient (Wildman–Crippen LogP) is 2.78. The highest BCUT2D eigenvalue weighted by molar-refractivity contribution is 5.29. The molecule has 4 heteroatoms. The Hall–Kier alpha value is -2.07. The SMILES string of the molecule is CCOc1cccc(CNCc2nc(C)ccc2O)c1. The van der Waals surface area contributed by atoms with Crippen LogP contribution in [0.4, 0.5) is 0 Å². The summed E-state index contributed by atoms with van der Waals surface area (Å²) in [7, 11) is 0. The van der Waals surface area contributed by atoms with Gasteiger partial charge in [0.05, 0.1) is 12.3 Å².